The van der Waals surface area contributed by atoms with E-state index in [1.165, 1.54) is 36.4 Å². The van der Waals surface area contributed by atoms with E-state index in [4.69, 9.17) is 9.52 Å². The number of carboxylic acid groups (broad SMARTS) is 1. The predicted octanol–water partition coefficient (Wildman–Crippen LogP) is 1.59. The van der Waals surface area contributed by atoms with E-state index >= 15 is 0 Å². The maximum absolute atomic E-state index is 12.1. The number of nitrogens with one attached hydrogen (secondary N) is 2. The van der Waals surface area contributed by atoms with Crippen LogP contribution in [0.4, 0.5) is 0 Å². The third-order valence-corrected chi connectivity index (χ3v) is 4.79. The molecule has 0 aliphatic heterocycles. The fourth-order valence-electron chi connectivity index (χ4n) is 2.02. The lowest BCUT2D eigenvalue weighted by molar-refractivity contribution is 0.0660. The lowest BCUT2D eigenvalue weighted by atomic mass is 10.2. The van der Waals surface area contributed by atoms with Gasteiger partial charge in [-0.15, -0.1) is 0 Å². The number of amides is 1. The van der Waals surface area contributed by atoms with Crippen molar-refractivity contribution in [2.45, 2.75) is 31.3 Å². The molecule has 1 heterocycles. The van der Waals surface area contributed by atoms with Gasteiger partial charge in [0.25, 0.3) is 5.91 Å². The molecule has 9 heteroatoms. The quantitative estimate of drug-likeness (QED) is 0.683. The average molecular weight is 366 g/mol. The van der Waals surface area contributed by atoms with E-state index in [2.05, 4.69) is 10.0 Å². The minimum absolute atomic E-state index is 0.0149. The molecule has 8 nitrogen and oxygen atoms in total. The van der Waals surface area contributed by atoms with Gasteiger partial charge in [-0.05, 0) is 50.2 Å². The smallest absolute Gasteiger partial charge is 0.371 e. The van der Waals surface area contributed by atoms with Crippen LogP contribution in [0.2, 0.25) is 0 Å². The number of aromatic carboxylic acids is 1. The maximum atomic E-state index is 12.1. The first-order chi connectivity index (χ1) is 11.7. The molecule has 0 saturated heterocycles. The van der Waals surface area contributed by atoms with Crippen LogP contribution in [0.15, 0.2) is 45.7 Å². The Hall–Kier alpha value is -2.65. The van der Waals surface area contributed by atoms with Crippen molar-refractivity contribution in [1.82, 2.24) is 10.0 Å². The summed E-state index contributed by atoms with van der Waals surface area (Å²) in [6, 6.07) is 7.99. The fraction of sp³-hybridized carbons (Fsp3) is 0.250. The molecule has 2 rings (SSSR count). The normalized spacial score (nSPS) is 11.5. The zero-order valence-electron chi connectivity index (χ0n) is 13.6. The summed E-state index contributed by atoms with van der Waals surface area (Å²) in [5.74, 6) is -1.54. The molecule has 0 spiro atoms. The molecule has 0 atom stereocenters. The highest BCUT2D eigenvalue weighted by Gasteiger charge is 2.16. The number of carbonyl (C=O) groups is 2. The summed E-state index contributed by atoms with van der Waals surface area (Å²) >= 11 is 0. The third-order valence-electron chi connectivity index (χ3n) is 3.11. The molecule has 0 unspecified atom stereocenters. The van der Waals surface area contributed by atoms with Gasteiger partial charge in [0.2, 0.25) is 15.8 Å². The summed E-state index contributed by atoms with van der Waals surface area (Å²) in [4.78, 5) is 22.8. The van der Waals surface area contributed by atoms with Gasteiger partial charge in [-0.1, -0.05) is 0 Å². The second-order valence-corrected chi connectivity index (χ2v) is 7.27. The van der Waals surface area contributed by atoms with Crippen molar-refractivity contribution in [3.8, 4) is 0 Å². The summed E-state index contributed by atoms with van der Waals surface area (Å²) in [5, 5.41) is 11.3. The SMILES string of the molecule is CC(C)NS(=O)(=O)c1ccc(C(=O)NCc2ccc(C(=O)O)o2)cc1. The summed E-state index contributed by atoms with van der Waals surface area (Å²) in [7, 11) is -3.61. The van der Waals surface area contributed by atoms with Gasteiger partial charge < -0.3 is 14.8 Å². The monoisotopic (exact) mass is 366 g/mol. The van der Waals surface area contributed by atoms with Crippen LogP contribution in [0.1, 0.15) is 40.5 Å². The van der Waals surface area contributed by atoms with E-state index in [1.807, 2.05) is 0 Å². The van der Waals surface area contributed by atoms with Crippen molar-refractivity contribution < 1.29 is 27.5 Å². The molecule has 1 aromatic carbocycles. The molecule has 25 heavy (non-hydrogen) atoms. The van der Waals surface area contributed by atoms with E-state index in [9.17, 15) is 18.0 Å². The number of hydrogen-bond donors (Lipinski definition) is 3. The Morgan fingerprint density at radius 3 is 2.28 bits per heavy atom. The van der Waals surface area contributed by atoms with Gasteiger partial charge >= 0.3 is 5.97 Å². The Morgan fingerprint density at radius 2 is 1.76 bits per heavy atom. The highest BCUT2D eigenvalue weighted by molar-refractivity contribution is 7.89. The van der Waals surface area contributed by atoms with E-state index in [0.29, 0.717) is 5.76 Å². The number of benzene rings is 1. The van der Waals surface area contributed by atoms with Gasteiger partial charge in [0, 0.05) is 11.6 Å². The minimum Gasteiger partial charge on any atom is -0.475 e. The average Bonchev–Trinajstić information content (AvgIpc) is 3.01. The molecule has 0 bridgehead atoms. The van der Waals surface area contributed by atoms with E-state index in [1.54, 1.807) is 13.8 Å². The van der Waals surface area contributed by atoms with Gasteiger partial charge in [0.05, 0.1) is 11.4 Å². The summed E-state index contributed by atoms with van der Waals surface area (Å²) in [5.41, 5.74) is 0.272. The molecule has 0 saturated carbocycles. The van der Waals surface area contributed by atoms with Gasteiger partial charge in [-0.2, -0.15) is 0 Å². The largest absolute Gasteiger partial charge is 0.475 e. The van der Waals surface area contributed by atoms with Crippen LogP contribution in [-0.2, 0) is 16.6 Å². The number of hydrogen-bond acceptors (Lipinski definition) is 5. The van der Waals surface area contributed by atoms with Crippen LogP contribution >= 0.6 is 0 Å². The lowest BCUT2D eigenvalue weighted by Crippen LogP contribution is -2.30. The van der Waals surface area contributed by atoms with E-state index < -0.39 is 21.9 Å². The first-order valence-electron chi connectivity index (χ1n) is 7.41. The Kier molecular flexibility index (Phi) is 5.60. The van der Waals surface area contributed by atoms with Crippen LogP contribution < -0.4 is 10.0 Å². The highest BCUT2D eigenvalue weighted by Crippen LogP contribution is 2.12. The molecule has 1 aromatic heterocycles. The number of carboxylic acids is 1. The zero-order valence-corrected chi connectivity index (χ0v) is 14.5. The number of rotatable bonds is 7. The standard InChI is InChI=1S/C16H18N2O6S/c1-10(2)18-25(22,23)13-6-3-11(4-7-13)15(19)17-9-12-5-8-14(24-12)16(20)21/h3-8,10,18H,9H2,1-2H3,(H,17,19)(H,20,21). The predicted molar refractivity (Wildman–Crippen MR) is 88.7 cm³/mol. The van der Waals surface area contributed by atoms with Gasteiger partial charge in [-0.25, -0.2) is 17.9 Å². The van der Waals surface area contributed by atoms with Crippen molar-refractivity contribution in [2.75, 3.05) is 0 Å². The first kappa shape index (κ1) is 18.7. The highest BCUT2D eigenvalue weighted by atomic mass is 32.2. The third kappa shape index (κ3) is 4.91. The van der Waals surface area contributed by atoms with Gasteiger partial charge in [-0.3, -0.25) is 4.79 Å². The summed E-state index contributed by atoms with van der Waals surface area (Å²) in [6.07, 6.45) is 0. The Labute approximate surface area is 144 Å². The van der Waals surface area contributed by atoms with Crippen LogP contribution in [0.3, 0.4) is 0 Å². The topological polar surface area (TPSA) is 126 Å². The lowest BCUT2D eigenvalue weighted by Gasteiger charge is -2.10. The first-order valence-corrected chi connectivity index (χ1v) is 8.90. The van der Waals surface area contributed by atoms with Gasteiger partial charge in [0.15, 0.2) is 0 Å². The molecule has 0 radical (unpaired) electrons. The van der Waals surface area contributed by atoms with Crippen LogP contribution in [0, 0.1) is 0 Å². The molecule has 0 fully saturated rings. The molecule has 0 aliphatic rings. The Bertz CT molecular complexity index is 868. The van der Waals surface area contributed by atoms with Crippen molar-refractivity contribution >= 4 is 21.9 Å². The number of carbonyl (C=O) groups excluding carboxylic acids is 1. The molecule has 134 valence electrons. The van der Waals surface area contributed by atoms with Crippen molar-refractivity contribution in [1.29, 1.82) is 0 Å². The van der Waals surface area contributed by atoms with Crippen molar-refractivity contribution in [3.63, 3.8) is 0 Å². The summed E-state index contributed by atoms with van der Waals surface area (Å²) < 4.78 is 31.5. The number of sulfonamides is 1. The van der Waals surface area contributed by atoms with E-state index in [-0.39, 0.29) is 28.8 Å². The van der Waals surface area contributed by atoms with Crippen LogP contribution in [-0.4, -0.2) is 31.4 Å². The molecule has 0 aliphatic carbocycles. The van der Waals surface area contributed by atoms with Crippen molar-refractivity contribution in [3.05, 3.63) is 53.5 Å². The fourth-order valence-corrected chi connectivity index (χ4v) is 3.27. The Balaban J connectivity index is 2.01. The minimum atomic E-state index is -3.61. The van der Waals surface area contributed by atoms with Crippen molar-refractivity contribution in [2.24, 2.45) is 0 Å². The molecular weight excluding hydrogens is 348 g/mol. The number of furan rings is 1. The molecule has 1 amide bonds. The maximum Gasteiger partial charge on any atom is 0.371 e. The Morgan fingerprint density at radius 1 is 1.12 bits per heavy atom. The molecule has 2 aromatic rings. The van der Waals surface area contributed by atoms with Gasteiger partial charge in [0.1, 0.15) is 5.76 Å². The van der Waals surface area contributed by atoms with E-state index in [0.717, 1.165) is 0 Å². The second-order valence-electron chi connectivity index (χ2n) is 5.55. The molecular formula is C16H18N2O6S. The zero-order chi connectivity index (χ0) is 18.6. The summed E-state index contributed by atoms with van der Waals surface area (Å²) in [6.45, 7) is 3.44. The van der Waals surface area contributed by atoms with Crippen LogP contribution in [0.25, 0.3) is 0 Å². The van der Waals surface area contributed by atoms with Crippen LogP contribution in [0.5, 0.6) is 0 Å². The molecule has 3 N–H and O–H groups in total. The second kappa shape index (κ2) is 7.49.